The van der Waals surface area contributed by atoms with Crippen molar-refractivity contribution in [1.82, 2.24) is 0 Å². The first-order chi connectivity index (χ1) is 25.6. The van der Waals surface area contributed by atoms with Crippen LogP contribution in [0.4, 0.5) is 42.9 Å². The van der Waals surface area contributed by atoms with Crippen LogP contribution in [0.25, 0.3) is 22.3 Å². The second-order valence-electron chi connectivity index (χ2n) is 12.9. The van der Waals surface area contributed by atoms with Crippen molar-refractivity contribution in [2.24, 2.45) is 0 Å². The van der Waals surface area contributed by atoms with Crippen LogP contribution in [0, 0.1) is 11.6 Å². The Hall–Kier alpha value is -6.40. The SMILES string of the molecule is CCc1c(-c2cccc(F)c2)c(N2c3ccccc3Oc3ccccc32)c(CC)c(N2c3ccccc3Oc3ccccc32)c1-c1cccc(F)c1. The minimum atomic E-state index is -0.334. The number of fused-ring (bicyclic) bond motifs is 4. The Bertz CT molecular complexity index is 2250. The van der Waals surface area contributed by atoms with Gasteiger partial charge in [-0.1, -0.05) is 86.6 Å². The van der Waals surface area contributed by atoms with E-state index in [1.807, 2.05) is 84.9 Å². The Morgan fingerprint density at radius 3 is 1.10 bits per heavy atom. The molecule has 0 bridgehead atoms. The van der Waals surface area contributed by atoms with E-state index in [0.717, 1.165) is 67.5 Å². The molecule has 0 saturated heterocycles. The van der Waals surface area contributed by atoms with Gasteiger partial charge in [0, 0.05) is 16.7 Å². The van der Waals surface area contributed by atoms with Crippen LogP contribution in [0.3, 0.4) is 0 Å². The van der Waals surface area contributed by atoms with Gasteiger partial charge in [-0.25, -0.2) is 8.78 Å². The molecule has 0 unspecified atom stereocenters. The number of para-hydroxylation sites is 8. The molecular weight excluding hydrogens is 651 g/mol. The fourth-order valence-corrected chi connectivity index (χ4v) is 7.81. The minimum absolute atomic E-state index is 0.334. The van der Waals surface area contributed by atoms with Crippen LogP contribution in [-0.4, -0.2) is 0 Å². The first-order valence-electron chi connectivity index (χ1n) is 17.6. The summed E-state index contributed by atoms with van der Waals surface area (Å²) >= 11 is 0. The number of nitrogens with zero attached hydrogens (tertiary/aromatic N) is 2. The molecule has 2 aliphatic heterocycles. The average Bonchev–Trinajstić information content (AvgIpc) is 3.18. The van der Waals surface area contributed by atoms with E-state index in [4.69, 9.17) is 9.47 Å². The molecule has 0 amide bonds. The van der Waals surface area contributed by atoms with E-state index in [-0.39, 0.29) is 11.6 Å². The van der Waals surface area contributed by atoms with Crippen LogP contribution in [0.2, 0.25) is 0 Å². The maximum absolute atomic E-state index is 15.4. The summed E-state index contributed by atoms with van der Waals surface area (Å²) in [6.07, 6.45) is 1.16. The van der Waals surface area contributed by atoms with E-state index in [1.54, 1.807) is 24.3 Å². The number of rotatable bonds is 6. The Labute approximate surface area is 301 Å². The van der Waals surface area contributed by atoms with Crippen LogP contribution < -0.4 is 19.3 Å². The van der Waals surface area contributed by atoms with E-state index < -0.39 is 0 Å². The third-order valence-corrected chi connectivity index (χ3v) is 9.89. The molecule has 7 aromatic carbocycles. The first-order valence-corrected chi connectivity index (χ1v) is 17.6. The third-order valence-electron chi connectivity index (χ3n) is 9.89. The summed E-state index contributed by atoms with van der Waals surface area (Å²) in [4.78, 5) is 4.53. The third kappa shape index (κ3) is 5.02. The summed E-state index contributed by atoms with van der Waals surface area (Å²) in [6.45, 7) is 4.26. The van der Waals surface area contributed by atoms with Crippen molar-refractivity contribution in [3.63, 3.8) is 0 Å². The zero-order valence-electron chi connectivity index (χ0n) is 28.7. The standard InChI is InChI=1S/C46H34F2N2O2/c1-3-33-43(29-15-13-17-31(47)27-29)45(49-35-19-5-9-23-39(35)51-40-24-10-6-20-36(40)49)34(4-2)46(44(33)30-16-14-18-32(48)28-30)50-37-21-7-11-25-41(37)52-42-26-12-8-22-38(42)50/h5-28H,3-4H2,1-2H3. The van der Waals surface area contributed by atoms with E-state index in [9.17, 15) is 0 Å². The Morgan fingerprint density at radius 1 is 0.423 bits per heavy atom. The Morgan fingerprint density at radius 2 is 0.769 bits per heavy atom. The quantitative estimate of drug-likeness (QED) is 0.174. The number of ether oxygens (including phenoxy) is 2. The minimum Gasteiger partial charge on any atom is -0.453 e. The fraction of sp³-hybridized carbons (Fsp3) is 0.0870. The van der Waals surface area contributed by atoms with Gasteiger partial charge in [-0.05, 0) is 102 Å². The molecule has 7 aromatic rings. The zero-order chi connectivity index (χ0) is 35.3. The summed E-state index contributed by atoms with van der Waals surface area (Å²) in [7, 11) is 0. The van der Waals surface area contributed by atoms with Crippen LogP contribution in [0.5, 0.6) is 23.0 Å². The van der Waals surface area contributed by atoms with E-state index in [2.05, 4.69) is 47.9 Å². The predicted octanol–water partition coefficient (Wildman–Crippen LogP) is 13.6. The second-order valence-corrected chi connectivity index (χ2v) is 12.9. The van der Waals surface area contributed by atoms with Crippen LogP contribution in [-0.2, 0) is 12.8 Å². The van der Waals surface area contributed by atoms with Gasteiger partial charge in [-0.3, -0.25) is 0 Å². The Kier molecular flexibility index (Phi) is 7.73. The zero-order valence-corrected chi connectivity index (χ0v) is 28.7. The summed E-state index contributed by atoms with van der Waals surface area (Å²) in [6, 6.07) is 45.6. The summed E-state index contributed by atoms with van der Waals surface area (Å²) < 4.78 is 43.8. The molecule has 0 spiro atoms. The van der Waals surface area contributed by atoms with Crippen LogP contribution in [0.1, 0.15) is 25.0 Å². The van der Waals surface area contributed by atoms with Crippen molar-refractivity contribution in [3.8, 4) is 45.3 Å². The highest BCUT2D eigenvalue weighted by atomic mass is 19.1. The molecule has 4 nitrogen and oxygen atoms in total. The van der Waals surface area contributed by atoms with Crippen molar-refractivity contribution in [3.05, 3.63) is 168 Å². The van der Waals surface area contributed by atoms with Crippen molar-refractivity contribution in [2.45, 2.75) is 26.7 Å². The van der Waals surface area contributed by atoms with Crippen LogP contribution in [0.15, 0.2) is 146 Å². The topological polar surface area (TPSA) is 24.9 Å². The maximum atomic E-state index is 15.4. The second kappa shape index (κ2) is 12.7. The van der Waals surface area contributed by atoms with Crippen molar-refractivity contribution < 1.29 is 18.3 Å². The first kappa shape index (κ1) is 31.6. The molecule has 2 aliphatic rings. The lowest BCUT2D eigenvalue weighted by Crippen LogP contribution is -2.23. The molecule has 0 atom stereocenters. The highest BCUT2D eigenvalue weighted by Gasteiger charge is 2.37. The lowest BCUT2D eigenvalue weighted by Gasteiger charge is -2.41. The van der Waals surface area contributed by atoms with Crippen molar-refractivity contribution in [2.75, 3.05) is 9.80 Å². The molecule has 0 aliphatic carbocycles. The number of anilines is 6. The monoisotopic (exact) mass is 684 g/mol. The summed E-state index contributed by atoms with van der Waals surface area (Å²) in [5.74, 6) is 2.18. The number of hydrogen-bond donors (Lipinski definition) is 0. The van der Waals surface area contributed by atoms with Gasteiger partial charge in [-0.15, -0.1) is 0 Å². The molecule has 0 aromatic heterocycles. The van der Waals surface area contributed by atoms with Gasteiger partial charge in [0.25, 0.3) is 0 Å². The van der Waals surface area contributed by atoms with Gasteiger partial charge in [0.2, 0.25) is 0 Å². The van der Waals surface area contributed by atoms with Crippen molar-refractivity contribution >= 4 is 34.1 Å². The van der Waals surface area contributed by atoms with Crippen LogP contribution >= 0.6 is 0 Å². The molecule has 0 fully saturated rings. The van der Waals surface area contributed by atoms with Gasteiger partial charge in [0.1, 0.15) is 11.6 Å². The van der Waals surface area contributed by atoms with Gasteiger partial charge < -0.3 is 19.3 Å². The lowest BCUT2D eigenvalue weighted by molar-refractivity contribution is 0.477. The molecule has 0 N–H and O–H groups in total. The molecular formula is C46H34F2N2O2. The lowest BCUT2D eigenvalue weighted by atomic mass is 9.82. The largest absolute Gasteiger partial charge is 0.453 e. The molecule has 6 heteroatoms. The molecule has 0 saturated carbocycles. The van der Waals surface area contributed by atoms with Crippen molar-refractivity contribution in [1.29, 1.82) is 0 Å². The molecule has 9 rings (SSSR count). The van der Waals surface area contributed by atoms with E-state index in [0.29, 0.717) is 35.8 Å². The fourth-order valence-electron chi connectivity index (χ4n) is 7.81. The highest BCUT2D eigenvalue weighted by molar-refractivity contribution is 6.06. The summed E-state index contributed by atoms with van der Waals surface area (Å²) in [5, 5.41) is 0. The average molecular weight is 685 g/mol. The number of halogens is 2. The van der Waals surface area contributed by atoms with Gasteiger partial charge in [-0.2, -0.15) is 0 Å². The van der Waals surface area contributed by atoms with Gasteiger partial charge >= 0.3 is 0 Å². The smallest absolute Gasteiger partial charge is 0.151 e. The van der Waals surface area contributed by atoms with E-state index in [1.165, 1.54) is 12.1 Å². The highest BCUT2D eigenvalue weighted by Crippen LogP contribution is 2.61. The molecule has 2 heterocycles. The van der Waals surface area contributed by atoms with Gasteiger partial charge in [0.05, 0.1) is 34.1 Å². The predicted molar refractivity (Wildman–Crippen MR) is 205 cm³/mol. The number of benzene rings is 7. The maximum Gasteiger partial charge on any atom is 0.151 e. The molecule has 52 heavy (non-hydrogen) atoms. The number of hydrogen-bond acceptors (Lipinski definition) is 4. The normalized spacial score (nSPS) is 12.6. The Balaban J connectivity index is 1.52. The van der Waals surface area contributed by atoms with E-state index >= 15 is 8.78 Å². The molecule has 0 radical (unpaired) electrons. The summed E-state index contributed by atoms with van der Waals surface area (Å²) in [5.41, 5.74) is 10.4. The van der Waals surface area contributed by atoms with Gasteiger partial charge in [0.15, 0.2) is 23.0 Å². The molecule has 254 valence electrons.